The second kappa shape index (κ2) is 4.23. The summed E-state index contributed by atoms with van der Waals surface area (Å²) >= 11 is 0. The van der Waals surface area contributed by atoms with Gasteiger partial charge in [0.15, 0.2) is 11.6 Å². The molecule has 0 amide bonds. The van der Waals surface area contributed by atoms with Crippen LogP contribution >= 0.6 is 0 Å². The van der Waals surface area contributed by atoms with E-state index in [4.69, 9.17) is 10.2 Å². The van der Waals surface area contributed by atoms with Gasteiger partial charge in [-0.05, 0) is 18.6 Å². The summed E-state index contributed by atoms with van der Waals surface area (Å²) in [6, 6.07) is 3.66. The zero-order valence-corrected chi connectivity index (χ0v) is 8.60. The van der Waals surface area contributed by atoms with E-state index < -0.39 is 0 Å². The second-order valence-corrected chi connectivity index (χ2v) is 3.20. The van der Waals surface area contributed by atoms with E-state index >= 15 is 0 Å². The zero-order valence-electron chi connectivity index (χ0n) is 8.60. The molecule has 2 rings (SSSR count). The standard InChI is InChI=1S/C11H13N3O/c1-2-9-8(6-12)7-13-11(14-9)10-4-3-5-15-10/h3-5,7H,2,6,12H2,1H3. The maximum Gasteiger partial charge on any atom is 0.195 e. The Balaban J connectivity index is 2.43. The van der Waals surface area contributed by atoms with Gasteiger partial charge < -0.3 is 10.2 Å². The van der Waals surface area contributed by atoms with Crippen LogP contribution in [-0.4, -0.2) is 9.97 Å². The van der Waals surface area contributed by atoms with E-state index in [1.807, 2.05) is 19.1 Å². The molecule has 2 aromatic heterocycles. The van der Waals surface area contributed by atoms with Gasteiger partial charge in [-0.25, -0.2) is 9.97 Å². The van der Waals surface area contributed by atoms with Gasteiger partial charge in [-0.15, -0.1) is 0 Å². The summed E-state index contributed by atoms with van der Waals surface area (Å²) in [5.74, 6) is 1.31. The van der Waals surface area contributed by atoms with E-state index in [1.165, 1.54) is 0 Å². The van der Waals surface area contributed by atoms with Gasteiger partial charge in [0.1, 0.15) is 0 Å². The van der Waals surface area contributed by atoms with Crippen molar-refractivity contribution in [3.63, 3.8) is 0 Å². The summed E-state index contributed by atoms with van der Waals surface area (Å²) in [5, 5.41) is 0. The first-order valence-corrected chi connectivity index (χ1v) is 4.94. The van der Waals surface area contributed by atoms with Crippen molar-refractivity contribution in [1.29, 1.82) is 0 Å². The van der Waals surface area contributed by atoms with Crippen LogP contribution in [0.3, 0.4) is 0 Å². The van der Waals surface area contributed by atoms with Crippen LogP contribution in [0.4, 0.5) is 0 Å². The van der Waals surface area contributed by atoms with Crippen LogP contribution in [0.5, 0.6) is 0 Å². The lowest BCUT2D eigenvalue weighted by Gasteiger charge is -2.04. The van der Waals surface area contributed by atoms with Crippen LogP contribution in [0.15, 0.2) is 29.0 Å². The molecule has 2 heterocycles. The van der Waals surface area contributed by atoms with E-state index in [9.17, 15) is 0 Å². The van der Waals surface area contributed by atoms with Crippen molar-refractivity contribution in [2.75, 3.05) is 0 Å². The van der Waals surface area contributed by atoms with E-state index in [-0.39, 0.29) is 0 Å². The molecule has 0 aliphatic carbocycles. The van der Waals surface area contributed by atoms with Crippen LogP contribution in [0.25, 0.3) is 11.6 Å². The highest BCUT2D eigenvalue weighted by Gasteiger charge is 2.07. The summed E-state index contributed by atoms with van der Waals surface area (Å²) in [6.07, 6.45) is 4.23. The summed E-state index contributed by atoms with van der Waals surface area (Å²) < 4.78 is 5.24. The first kappa shape index (κ1) is 9.86. The van der Waals surface area contributed by atoms with E-state index in [2.05, 4.69) is 9.97 Å². The number of nitrogens with two attached hydrogens (primary N) is 1. The summed E-state index contributed by atoms with van der Waals surface area (Å²) in [6.45, 7) is 2.52. The minimum Gasteiger partial charge on any atom is -0.461 e. The van der Waals surface area contributed by atoms with E-state index in [0.29, 0.717) is 18.1 Å². The molecule has 4 nitrogen and oxygen atoms in total. The number of furan rings is 1. The van der Waals surface area contributed by atoms with Crippen molar-refractivity contribution < 1.29 is 4.42 Å². The fourth-order valence-corrected chi connectivity index (χ4v) is 1.44. The molecule has 2 N–H and O–H groups in total. The normalized spacial score (nSPS) is 10.5. The SMILES string of the molecule is CCc1nc(-c2ccco2)ncc1CN. The van der Waals surface area contributed by atoms with Crippen LogP contribution in [0.1, 0.15) is 18.2 Å². The third kappa shape index (κ3) is 1.89. The fraction of sp³-hybridized carbons (Fsp3) is 0.273. The van der Waals surface area contributed by atoms with Crippen molar-refractivity contribution in [3.05, 3.63) is 35.9 Å². The summed E-state index contributed by atoms with van der Waals surface area (Å²) in [4.78, 5) is 8.64. The molecule has 0 bridgehead atoms. The highest BCUT2D eigenvalue weighted by atomic mass is 16.3. The number of aryl methyl sites for hydroxylation is 1. The number of hydrogen-bond donors (Lipinski definition) is 1. The lowest BCUT2D eigenvalue weighted by Crippen LogP contribution is -2.05. The minimum absolute atomic E-state index is 0.474. The van der Waals surface area contributed by atoms with E-state index in [1.54, 1.807) is 12.5 Å². The van der Waals surface area contributed by atoms with Gasteiger partial charge in [0.05, 0.1) is 6.26 Å². The lowest BCUT2D eigenvalue weighted by molar-refractivity contribution is 0.576. The van der Waals surface area contributed by atoms with Gasteiger partial charge in [-0.3, -0.25) is 0 Å². The molecular weight excluding hydrogens is 190 g/mol. The maximum atomic E-state index is 5.59. The molecule has 0 aromatic carbocycles. The van der Waals surface area contributed by atoms with Crippen LogP contribution in [0.2, 0.25) is 0 Å². The Morgan fingerprint density at radius 1 is 1.47 bits per heavy atom. The molecule has 4 heteroatoms. The van der Waals surface area contributed by atoms with Crippen molar-refractivity contribution >= 4 is 0 Å². The van der Waals surface area contributed by atoms with Gasteiger partial charge in [-0.1, -0.05) is 6.92 Å². The Kier molecular flexibility index (Phi) is 2.78. The first-order valence-electron chi connectivity index (χ1n) is 4.94. The predicted octanol–water partition coefficient (Wildman–Crippen LogP) is 1.76. The molecule has 15 heavy (non-hydrogen) atoms. The smallest absolute Gasteiger partial charge is 0.195 e. The predicted molar refractivity (Wildman–Crippen MR) is 57.0 cm³/mol. The van der Waals surface area contributed by atoms with Crippen LogP contribution in [-0.2, 0) is 13.0 Å². The Morgan fingerprint density at radius 3 is 2.93 bits per heavy atom. The molecular formula is C11H13N3O. The summed E-state index contributed by atoms with van der Waals surface area (Å²) in [7, 11) is 0. The molecule has 78 valence electrons. The minimum atomic E-state index is 0.474. The van der Waals surface area contributed by atoms with Gasteiger partial charge in [0.25, 0.3) is 0 Å². The topological polar surface area (TPSA) is 64.9 Å². The molecule has 0 aliphatic heterocycles. The quantitative estimate of drug-likeness (QED) is 0.825. The number of hydrogen-bond acceptors (Lipinski definition) is 4. The lowest BCUT2D eigenvalue weighted by atomic mass is 10.2. The van der Waals surface area contributed by atoms with Crippen LogP contribution < -0.4 is 5.73 Å². The first-order chi connectivity index (χ1) is 7.35. The Morgan fingerprint density at radius 2 is 2.33 bits per heavy atom. The van der Waals surface area contributed by atoms with Gasteiger partial charge >= 0.3 is 0 Å². The molecule has 0 aliphatic rings. The van der Waals surface area contributed by atoms with Gasteiger partial charge in [0.2, 0.25) is 0 Å². The maximum absolute atomic E-state index is 5.59. The van der Waals surface area contributed by atoms with Gasteiger partial charge in [0, 0.05) is 24.0 Å². The Hall–Kier alpha value is -1.68. The average molecular weight is 203 g/mol. The van der Waals surface area contributed by atoms with Crippen molar-refractivity contribution in [2.24, 2.45) is 5.73 Å². The highest BCUT2D eigenvalue weighted by Crippen LogP contribution is 2.16. The Labute approximate surface area is 88.2 Å². The van der Waals surface area contributed by atoms with Crippen LogP contribution in [0, 0.1) is 0 Å². The summed E-state index contributed by atoms with van der Waals surface area (Å²) in [5.41, 5.74) is 7.57. The largest absolute Gasteiger partial charge is 0.461 e. The third-order valence-electron chi connectivity index (χ3n) is 2.25. The van der Waals surface area contributed by atoms with Crippen molar-refractivity contribution in [3.8, 4) is 11.6 Å². The Bertz CT molecular complexity index is 437. The second-order valence-electron chi connectivity index (χ2n) is 3.20. The van der Waals surface area contributed by atoms with Crippen molar-refractivity contribution in [2.45, 2.75) is 19.9 Å². The fourth-order valence-electron chi connectivity index (χ4n) is 1.44. The number of nitrogens with zero attached hydrogens (tertiary/aromatic N) is 2. The molecule has 0 saturated heterocycles. The number of rotatable bonds is 3. The van der Waals surface area contributed by atoms with E-state index in [0.717, 1.165) is 17.7 Å². The highest BCUT2D eigenvalue weighted by molar-refractivity contribution is 5.46. The molecule has 0 spiro atoms. The third-order valence-corrected chi connectivity index (χ3v) is 2.25. The number of aromatic nitrogens is 2. The molecule has 0 atom stereocenters. The zero-order chi connectivity index (χ0) is 10.7. The molecule has 0 radical (unpaired) electrons. The molecule has 0 unspecified atom stereocenters. The molecule has 0 saturated carbocycles. The van der Waals surface area contributed by atoms with Gasteiger partial charge in [-0.2, -0.15) is 0 Å². The monoisotopic (exact) mass is 203 g/mol. The molecule has 2 aromatic rings. The van der Waals surface area contributed by atoms with Crippen molar-refractivity contribution in [1.82, 2.24) is 9.97 Å². The molecule has 0 fully saturated rings. The average Bonchev–Trinajstić information content (AvgIpc) is 2.81.